The van der Waals surface area contributed by atoms with Crippen LogP contribution >= 0.6 is 15.9 Å². The van der Waals surface area contributed by atoms with E-state index in [2.05, 4.69) is 54.2 Å². The summed E-state index contributed by atoms with van der Waals surface area (Å²) >= 11 is 3.42. The smallest absolute Gasteiger partial charge is 0.354 e. The van der Waals surface area contributed by atoms with Gasteiger partial charge in [-0.1, -0.05) is 6.07 Å². The second kappa shape index (κ2) is 10.1. The Hall–Kier alpha value is -3.07. The summed E-state index contributed by atoms with van der Waals surface area (Å²) in [6.07, 6.45) is 7.92. The number of pyridine rings is 2. The SMILES string of the molecule is Cc1cc(Br)cnc1CCCCNc1ncc(Cc2ccc(C(=O)O)nc2)c(=O)[nH]1. The molecular formula is C21H22BrN5O3. The molecule has 0 amide bonds. The maximum absolute atomic E-state index is 12.3. The maximum Gasteiger partial charge on any atom is 0.354 e. The van der Waals surface area contributed by atoms with E-state index in [4.69, 9.17) is 5.11 Å². The number of aromatic nitrogens is 4. The molecule has 0 bridgehead atoms. The molecule has 0 aromatic carbocycles. The topological polar surface area (TPSA) is 121 Å². The number of aromatic carboxylic acids is 1. The second-order valence-corrected chi connectivity index (χ2v) is 7.84. The van der Waals surface area contributed by atoms with Crippen LogP contribution in [0, 0.1) is 6.92 Å². The average molecular weight is 472 g/mol. The third-order valence-electron chi connectivity index (χ3n) is 4.60. The zero-order valence-corrected chi connectivity index (χ0v) is 18.1. The van der Waals surface area contributed by atoms with Crippen molar-refractivity contribution in [2.45, 2.75) is 32.6 Å². The highest BCUT2D eigenvalue weighted by molar-refractivity contribution is 9.10. The predicted octanol–water partition coefficient (Wildman–Crippen LogP) is 3.35. The lowest BCUT2D eigenvalue weighted by Crippen LogP contribution is -2.17. The molecule has 0 spiro atoms. The number of rotatable bonds is 9. The number of nitrogens with one attached hydrogen (secondary N) is 2. The molecule has 0 unspecified atom stereocenters. The number of hydrogen-bond acceptors (Lipinski definition) is 6. The highest BCUT2D eigenvalue weighted by Crippen LogP contribution is 2.14. The van der Waals surface area contributed by atoms with Gasteiger partial charge in [0.15, 0.2) is 0 Å². The number of nitrogens with zero attached hydrogens (tertiary/aromatic N) is 3. The first-order valence-corrected chi connectivity index (χ1v) is 10.3. The number of hydrogen-bond donors (Lipinski definition) is 3. The lowest BCUT2D eigenvalue weighted by atomic mass is 10.1. The number of anilines is 1. The van der Waals surface area contributed by atoms with Crippen LogP contribution < -0.4 is 10.9 Å². The van der Waals surface area contributed by atoms with Crippen molar-refractivity contribution >= 4 is 27.8 Å². The van der Waals surface area contributed by atoms with Crippen molar-refractivity contribution in [1.82, 2.24) is 19.9 Å². The van der Waals surface area contributed by atoms with Crippen molar-refractivity contribution in [2.24, 2.45) is 0 Å². The normalized spacial score (nSPS) is 10.7. The van der Waals surface area contributed by atoms with Gasteiger partial charge in [0.2, 0.25) is 5.95 Å². The van der Waals surface area contributed by atoms with Crippen LogP contribution in [-0.2, 0) is 12.8 Å². The maximum atomic E-state index is 12.3. The van der Waals surface area contributed by atoms with Crippen molar-refractivity contribution in [3.63, 3.8) is 0 Å². The summed E-state index contributed by atoms with van der Waals surface area (Å²) in [6.45, 7) is 2.75. The van der Waals surface area contributed by atoms with Crippen LogP contribution in [-0.4, -0.2) is 37.6 Å². The number of aromatic amines is 1. The van der Waals surface area contributed by atoms with E-state index >= 15 is 0 Å². The monoisotopic (exact) mass is 471 g/mol. The minimum Gasteiger partial charge on any atom is -0.477 e. The first-order valence-electron chi connectivity index (χ1n) is 9.53. The van der Waals surface area contributed by atoms with Gasteiger partial charge in [-0.15, -0.1) is 0 Å². The number of H-pyrrole nitrogens is 1. The fourth-order valence-electron chi connectivity index (χ4n) is 2.97. The Balaban J connectivity index is 1.48. The summed E-state index contributed by atoms with van der Waals surface area (Å²) in [5.41, 5.74) is 3.24. The average Bonchev–Trinajstić information content (AvgIpc) is 2.71. The highest BCUT2D eigenvalue weighted by atomic mass is 79.9. The van der Waals surface area contributed by atoms with Crippen LogP contribution in [0.2, 0.25) is 0 Å². The van der Waals surface area contributed by atoms with Gasteiger partial charge in [0.05, 0.1) is 0 Å². The number of halogens is 1. The zero-order valence-electron chi connectivity index (χ0n) is 16.5. The molecule has 0 aliphatic rings. The molecule has 0 fully saturated rings. The lowest BCUT2D eigenvalue weighted by Gasteiger charge is -2.08. The van der Waals surface area contributed by atoms with Gasteiger partial charge < -0.3 is 10.4 Å². The van der Waals surface area contributed by atoms with E-state index in [9.17, 15) is 9.59 Å². The van der Waals surface area contributed by atoms with Crippen LogP contribution in [0.15, 0.2) is 46.1 Å². The Morgan fingerprint density at radius 3 is 2.67 bits per heavy atom. The number of carboxylic acid groups (broad SMARTS) is 1. The molecule has 0 radical (unpaired) electrons. The molecule has 0 aliphatic carbocycles. The molecule has 3 heterocycles. The third kappa shape index (κ3) is 5.96. The molecule has 156 valence electrons. The largest absolute Gasteiger partial charge is 0.477 e. The molecule has 0 aliphatic heterocycles. The van der Waals surface area contributed by atoms with Crippen molar-refractivity contribution in [1.29, 1.82) is 0 Å². The molecular weight excluding hydrogens is 450 g/mol. The molecule has 0 saturated heterocycles. The van der Waals surface area contributed by atoms with Gasteiger partial charge in [0, 0.05) is 47.3 Å². The summed E-state index contributed by atoms with van der Waals surface area (Å²) in [7, 11) is 0. The fraction of sp³-hybridized carbons (Fsp3) is 0.286. The molecule has 30 heavy (non-hydrogen) atoms. The van der Waals surface area contributed by atoms with Crippen molar-refractivity contribution in [3.8, 4) is 0 Å². The van der Waals surface area contributed by atoms with Gasteiger partial charge in [0.1, 0.15) is 5.69 Å². The van der Waals surface area contributed by atoms with Gasteiger partial charge in [-0.25, -0.2) is 14.8 Å². The summed E-state index contributed by atoms with van der Waals surface area (Å²) in [4.78, 5) is 38.4. The Morgan fingerprint density at radius 2 is 2.00 bits per heavy atom. The molecule has 3 aromatic rings. The van der Waals surface area contributed by atoms with Gasteiger partial charge in [-0.05, 0) is 65.4 Å². The van der Waals surface area contributed by atoms with E-state index < -0.39 is 5.97 Å². The van der Waals surface area contributed by atoms with Gasteiger partial charge in [0.25, 0.3) is 5.56 Å². The minimum atomic E-state index is -1.08. The number of unbranched alkanes of at least 4 members (excludes halogenated alkanes) is 1. The quantitative estimate of drug-likeness (QED) is 0.409. The number of carboxylic acids is 1. The van der Waals surface area contributed by atoms with Gasteiger partial charge in [-0.2, -0.15) is 0 Å². The summed E-state index contributed by atoms with van der Waals surface area (Å²) in [5, 5.41) is 12.0. The minimum absolute atomic E-state index is 0.0311. The van der Waals surface area contributed by atoms with Crippen LogP contribution in [0.3, 0.4) is 0 Å². The van der Waals surface area contributed by atoms with E-state index in [1.165, 1.54) is 24.0 Å². The highest BCUT2D eigenvalue weighted by Gasteiger charge is 2.07. The number of carbonyl (C=O) groups is 1. The summed E-state index contributed by atoms with van der Waals surface area (Å²) in [5.74, 6) is -0.652. The Labute approximate surface area is 182 Å². The van der Waals surface area contributed by atoms with Crippen molar-refractivity contribution < 1.29 is 9.90 Å². The van der Waals surface area contributed by atoms with E-state index in [0.717, 1.165) is 35.0 Å². The molecule has 3 N–H and O–H groups in total. The van der Waals surface area contributed by atoms with E-state index in [-0.39, 0.29) is 11.3 Å². The van der Waals surface area contributed by atoms with Crippen molar-refractivity contribution in [3.05, 3.63) is 79.7 Å². The van der Waals surface area contributed by atoms with Crippen molar-refractivity contribution in [2.75, 3.05) is 11.9 Å². The van der Waals surface area contributed by atoms with Crippen LogP contribution in [0.1, 0.15) is 45.7 Å². The van der Waals surface area contributed by atoms with Crippen LogP contribution in [0.4, 0.5) is 5.95 Å². The molecule has 3 aromatic heterocycles. The third-order valence-corrected chi connectivity index (χ3v) is 5.03. The van der Waals surface area contributed by atoms with Crippen LogP contribution in [0.25, 0.3) is 0 Å². The molecule has 0 saturated carbocycles. The van der Waals surface area contributed by atoms with E-state index in [1.54, 1.807) is 6.07 Å². The fourth-order valence-corrected chi connectivity index (χ4v) is 3.41. The first kappa shape index (κ1) is 21.6. The summed E-state index contributed by atoms with van der Waals surface area (Å²) < 4.78 is 0.984. The molecule has 0 atom stereocenters. The Kier molecular flexibility index (Phi) is 7.29. The molecule has 3 rings (SSSR count). The standard InChI is InChI=1S/C21H22BrN5O3/c1-13-8-16(22)12-25-17(13)4-2-3-7-23-21-26-11-15(19(28)27-21)9-14-5-6-18(20(29)30)24-10-14/h5-6,8,10-12H,2-4,7,9H2,1H3,(H,29,30)(H2,23,26,27,28). The molecule has 8 nitrogen and oxygen atoms in total. The lowest BCUT2D eigenvalue weighted by molar-refractivity contribution is 0.0690. The van der Waals surface area contributed by atoms with Crippen LogP contribution in [0.5, 0.6) is 0 Å². The Morgan fingerprint density at radius 1 is 1.17 bits per heavy atom. The number of aryl methyl sites for hydroxylation is 2. The summed E-state index contributed by atoms with van der Waals surface area (Å²) in [6, 6.07) is 5.12. The zero-order chi connectivity index (χ0) is 21.5. The Bertz CT molecular complexity index is 1080. The molecule has 9 heteroatoms. The van der Waals surface area contributed by atoms with Gasteiger partial charge >= 0.3 is 5.97 Å². The first-order chi connectivity index (χ1) is 14.4. The van der Waals surface area contributed by atoms with E-state index in [1.807, 2.05) is 6.20 Å². The second-order valence-electron chi connectivity index (χ2n) is 6.92. The van der Waals surface area contributed by atoms with E-state index in [0.29, 0.717) is 24.5 Å². The predicted molar refractivity (Wildman–Crippen MR) is 117 cm³/mol. The van der Waals surface area contributed by atoms with Gasteiger partial charge in [-0.3, -0.25) is 14.8 Å².